The van der Waals surface area contributed by atoms with Gasteiger partial charge in [-0.05, 0) is 93.6 Å². The van der Waals surface area contributed by atoms with Crippen LogP contribution in [0.1, 0.15) is 59.4 Å². The predicted molar refractivity (Wildman–Crippen MR) is 79.1 cm³/mol. The van der Waals surface area contributed by atoms with E-state index in [-0.39, 0.29) is 0 Å². The Balaban J connectivity index is 2.10. The third kappa shape index (κ3) is 2.16. The smallest absolute Gasteiger partial charge is 0.122 e. The highest BCUT2D eigenvalue weighted by Crippen LogP contribution is 2.42. The van der Waals surface area contributed by atoms with Gasteiger partial charge in [0.25, 0.3) is 0 Å². The largest absolute Gasteiger partial charge is 0.507 e. The summed E-state index contributed by atoms with van der Waals surface area (Å²) in [5, 5.41) is 14.1. The van der Waals surface area contributed by atoms with Crippen LogP contribution in [0.5, 0.6) is 5.75 Å². The zero-order valence-electron chi connectivity index (χ0n) is 12.2. The molecule has 1 fully saturated rings. The van der Waals surface area contributed by atoms with E-state index in [2.05, 4.69) is 19.2 Å². The average Bonchev–Trinajstić information content (AvgIpc) is 2.46. The van der Waals surface area contributed by atoms with Crippen molar-refractivity contribution in [1.29, 1.82) is 0 Å². The Kier molecular flexibility index (Phi) is 3.53. The first kappa shape index (κ1) is 13.0. The lowest BCUT2D eigenvalue weighted by Crippen LogP contribution is -2.27. The molecule has 0 spiro atoms. The summed E-state index contributed by atoms with van der Waals surface area (Å²) in [5.74, 6) is 1.15. The van der Waals surface area contributed by atoms with Crippen LogP contribution < -0.4 is 5.32 Å². The van der Waals surface area contributed by atoms with Gasteiger partial charge in [-0.2, -0.15) is 0 Å². The lowest BCUT2D eigenvalue weighted by Gasteiger charge is -2.30. The number of piperidine rings is 1. The van der Waals surface area contributed by atoms with Gasteiger partial charge in [0.1, 0.15) is 5.75 Å². The van der Waals surface area contributed by atoms with Gasteiger partial charge in [-0.15, -0.1) is 0 Å². The quantitative estimate of drug-likeness (QED) is 0.810. The maximum Gasteiger partial charge on any atom is 0.122 e. The molecule has 3 rings (SSSR count). The summed E-state index contributed by atoms with van der Waals surface area (Å²) in [4.78, 5) is 0. The van der Waals surface area contributed by atoms with Crippen LogP contribution in [0, 0.1) is 13.8 Å². The molecule has 19 heavy (non-hydrogen) atoms. The molecule has 0 unspecified atom stereocenters. The van der Waals surface area contributed by atoms with E-state index in [0.717, 1.165) is 37.9 Å². The second-order valence-corrected chi connectivity index (χ2v) is 6.20. The van der Waals surface area contributed by atoms with Crippen LogP contribution in [0.25, 0.3) is 0 Å². The molecule has 0 atom stereocenters. The molecule has 1 aromatic rings. The van der Waals surface area contributed by atoms with E-state index in [4.69, 9.17) is 0 Å². The minimum Gasteiger partial charge on any atom is -0.507 e. The van der Waals surface area contributed by atoms with Gasteiger partial charge in [0, 0.05) is 5.56 Å². The summed E-state index contributed by atoms with van der Waals surface area (Å²) in [6.45, 7) is 6.52. The van der Waals surface area contributed by atoms with Crippen molar-refractivity contribution in [2.45, 2.75) is 58.3 Å². The van der Waals surface area contributed by atoms with Crippen LogP contribution in [0.15, 0.2) is 0 Å². The molecule has 0 aromatic heterocycles. The highest BCUT2D eigenvalue weighted by molar-refractivity contribution is 5.56. The Morgan fingerprint density at radius 1 is 0.947 bits per heavy atom. The van der Waals surface area contributed by atoms with Gasteiger partial charge < -0.3 is 10.4 Å². The van der Waals surface area contributed by atoms with Gasteiger partial charge in [0.15, 0.2) is 0 Å². The highest BCUT2D eigenvalue weighted by atomic mass is 16.3. The number of hydrogen-bond donors (Lipinski definition) is 2. The van der Waals surface area contributed by atoms with E-state index in [1.165, 1.54) is 36.0 Å². The summed E-state index contributed by atoms with van der Waals surface area (Å²) in [6, 6.07) is 0. The van der Waals surface area contributed by atoms with Crippen LogP contribution in [-0.4, -0.2) is 18.2 Å². The van der Waals surface area contributed by atoms with Crippen molar-refractivity contribution >= 4 is 0 Å². The molecule has 0 amide bonds. The molecular formula is C17H25NO. The van der Waals surface area contributed by atoms with Crippen molar-refractivity contribution in [3.63, 3.8) is 0 Å². The first-order chi connectivity index (χ1) is 9.20. The fourth-order valence-corrected chi connectivity index (χ4v) is 4.03. The minimum atomic E-state index is 0.548. The normalized spacial score (nSPS) is 20.3. The zero-order chi connectivity index (χ0) is 13.4. The maximum atomic E-state index is 10.7. The van der Waals surface area contributed by atoms with Crippen LogP contribution in [0.2, 0.25) is 0 Å². The first-order valence-corrected chi connectivity index (χ1v) is 7.74. The third-order valence-corrected chi connectivity index (χ3v) is 5.13. The number of phenols is 1. The van der Waals surface area contributed by atoms with Crippen LogP contribution >= 0.6 is 0 Å². The van der Waals surface area contributed by atoms with Gasteiger partial charge in [0.2, 0.25) is 0 Å². The average molecular weight is 259 g/mol. The lowest BCUT2D eigenvalue weighted by atomic mass is 9.78. The van der Waals surface area contributed by atoms with Crippen molar-refractivity contribution in [1.82, 2.24) is 5.32 Å². The second-order valence-electron chi connectivity index (χ2n) is 6.20. The minimum absolute atomic E-state index is 0.548. The summed E-state index contributed by atoms with van der Waals surface area (Å²) in [6.07, 6.45) is 7.27. The Morgan fingerprint density at radius 2 is 1.53 bits per heavy atom. The molecule has 0 saturated carbocycles. The van der Waals surface area contributed by atoms with Gasteiger partial charge in [-0.3, -0.25) is 0 Å². The SMILES string of the molecule is Cc1c(O)c(C2CCNCC2)c(C)c2c1CCCC2. The third-order valence-electron chi connectivity index (χ3n) is 5.13. The van der Waals surface area contributed by atoms with Crippen LogP contribution in [-0.2, 0) is 12.8 Å². The molecule has 0 radical (unpaired) electrons. The number of fused-ring (bicyclic) bond motifs is 1. The van der Waals surface area contributed by atoms with E-state index in [1.807, 2.05) is 0 Å². The van der Waals surface area contributed by atoms with E-state index in [9.17, 15) is 5.11 Å². The maximum absolute atomic E-state index is 10.7. The van der Waals surface area contributed by atoms with Gasteiger partial charge in [-0.1, -0.05) is 0 Å². The van der Waals surface area contributed by atoms with Crippen molar-refractivity contribution in [3.05, 3.63) is 27.8 Å². The molecule has 1 aliphatic heterocycles. The number of hydrogen-bond acceptors (Lipinski definition) is 2. The number of rotatable bonds is 1. The zero-order valence-corrected chi connectivity index (χ0v) is 12.2. The Bertz CT molecular complexity index is 487. The summed E-state index contributed by atoms with van der Waals surface area (Å²) < 4.78 is 0. The monoisotopic (exact) mass is 259 g/mol. The molecule has 1 aromatic carbocycles. The Hall–Kier alpha value is -1.02. The molecule has 1 aliphatic carbocycles. The van der Waals surface area contributed by atoms with Gasteiger partial charge in [-0.25, -0.2) is 0 Å². The molecule has 2 N–H and O–H groups in total. The number of phenolic OH excluding ortho intramolecular Hbond substituents is 1. The number of aromatic hydroxyl groups is 1. The molecule has 1 heterocycles. The molecule has 2 heteroatoms. The lowest BCUT2D eigenvalue weighted by molar-refractivity contribution is 0.418. The molecule has 0 bridgehead atoms. The van der Waals surface area contributed by atoms with E-state index in [0.29, 0.717) is 11.7 Å². The summed E-state index contributed by atoms with van der Waals surface area (Å²) >= 11 is 0. The topological polar surface area (TPSA) is 32.3 Å². The van der Waals surface area contributed by atoms with Crippen molar-refractivity contribution in [3.8, 4) is 5.75 Å². The molecule has 104 valence electrons. The van der Waals surface area contributed by atoms with Crippen LogP contribution in [0.4, 0.5) is 0 Å². The van der Waals surface area contributed by atoms with E-state index < -0.39 is 0 Å². The highest BCUT2D eigenvalue weighted by Gasteiger charge is 2.26. The van der Waals surface area contributed by atoms with E-state index in [1.54, 1.807) is 5.56 Å². The summed E-state index contributed by atoms with van der Waals surface area (Å²) in [5.41, 5.74) is 6.81. The van der Waals surface area contributed by atoms with Crippen LogP contribution in [0.3, 0.4) is 0 Å². The fourth-order valence-electron chi connectivity index (χ4n) is 4.03. The first-order valence-electron chi connectivity index (χ1n) is 7.74. The van der Waals surface area contributed by atoms with E-state index >= 15 is 0 Å². The summed E-state index contributed by atoms with van der Waals surface area (Å²) in [7, 11) is 0. The Morgan fingerprint density at radius 3 is 2.16 bits per heavy atom. The van der Waals surface area contributed by atoms with Crippen molar-refractivity contribution < 1.29 is 5.11 Å². The second kappa shape index (κ2) is 5.16. The standard InChI is InChI=1S/C17H25NO/c1-11-14-5-3-4-6-15(14)12(2)17(19)16(11)13-7-9-18-10-8-13/h13,18-19H,3-10H2,1-2H3. The number of nitrogens with one attached hydrogen (secondary N) is 1. The molecule has 2 nitrogen and oxygen atoms in total. The van der Waals surface area contributed by atoms with Gasteiger partial charge in [0.05, 0.1) is 0 Å². The Labute approximate surface area is 116 Å². The van der Waals surface area contributed by atoms with Crippen molar-refractivity contribution in [2.75, 3.05) is 13.1 Å². The van der Waals surface area contributed by atoms with Crippen molar-refractivity contribution in [2.24, 2.45) is 0 Å². The predicted octanol–water partition coefficient (Wildman–Crippen LogP) is 3.35. The fraction of sp³-hybridized carbons (Fsp3) is 0.647. The number of benzene rings is 1. The molecule has 2 aliphatic rings. The van der Waals surface area contributed by atoms with Gasteiger partial charge >= 0.3 is 0 Å². The molecular weight excluding hydrogens is 234 g/mol. The molecule has 1 saturated heterocycles.